The zero-order valence-corrected chi connectivity index (χ0v) is 17.1. The number of carbonyl (C=O) groups excluding carboxylic acids is 2. The van der Waals surface area contributed by atoms with Crippen LogP contribution in [0.15, 0.2) is 28.9 Å². The highest BCUT2D eigenvalue weighted by Gasteiger charge is 2.25. The molecule has 1 saturated heterocycles. The summed E-state index contributed by atoms with van der Waals surface area (Å²) in [4.78, 5) is 33.0. The van der Waals surface area contributed by atoms with Crippen molar-refractivity contribution in [1.82, 2.24) is 15.0 Å². The van der Waals surface area contributed by atoms with Gasteiger partial charge in [0.1, 0.15) is 11.6 Å². The highest BCUT2D eigenvalue weighted by molar-refractivity contribution is 5.93. The van der Waals surface area contributed by atoms with Gasteiger partial charge in [-0.2, -0.15) is 0 Å². The molecule has 0 saturated carbocycles. The van der Waals surface area contributed by atoms with Crippen LogP contribution in [-0.2, 0) is 9.53 Å². The molecule has 1 unspecified atom stereocenters. The van der Waals surface area contributed by atoms with Crippen LogP contribution in [0.3, 0.4) is 0 Å². The van der Waals surface area contributed by atoms with Crippen LogP contribution < -0.4 is 10.2 Å². The summed E-state index contributed by atoms with van der Waals surface area (Å²) in [6.45, 7) is 8.90. The molecule has 29 heavy (non-hydrogen) atoms. The highest BCUT2D eigenvalue weighted by Crippen LogP contribution is 2.17. The van der Waals surface area contributed by atoms with Crippen LogP contribution >= 0.6 is 0 Å². The number of hydrogen-bond acceptors (Lipinski definition) is 8. The Morgan fingerprint density at radius 1 is 1.28 bits per heavy atom. The van der Waals surface area contributed by atoms with Gasteiger partial charge in [-0.05, 0) is 39.3 Å². The van der Waals surface area contributed by atoms with Crippen LogP contribution in [0.25, 0.3) is 0 Å². The first-order valence-electron chi connectivity index (χ1n) is 9.84. The molecule has 1 fully saturated rings. The smallest absolute Gasteiger partial charge is 0.339 e. The molecule has 1 amide bonds. The molecule has 0 radical (unpaired) electrons. The summed E-state index contributed by atoms with van der Waals surface area (Å²) in [5.74, 6) is 1.43. The number of ether oxygens (including phenoxy) is 1. The Bertz CT molecular complexity index is 836. The Morgan fingerprint density at radius 2 is 2.10 bits per heavy atom. The molecular formula is C20H27N5O4. The summed E-state index contributed by atoms with van der Waals surface area (Å²) in [5.41, 5.74) is 0.445. The van der Waals surface area contributed by atoms with E-state index in [0.29, 0.717) is 23.7 Å². The van der Waals surface area contributed by atoms with E-state index in [9.17, 15) is 9.59 Å². The van der Waals surface area contributed by atoms with Gasteiger partial charge in [0.15, 0.2) is 5.82 Å². The number of esters is 1. The van der Waals surface area contributed by atoms with E-state index in [0.717, 1.165) is 38.4 Å². The summed E-state index contributed by atoms with van der Waals surface area (Å²) < 4.78 is 9.98. The van der Waals surface area contributed by atoms with Gasteiger partial charge < -0.3 is 19.5 Å². The van der Waals surface area contributed by atoms with Crippen LogP contribution in [0.4, 0.5) is 11.6 Å². The van der Waals surface area contributed by atoms with Gasteiger partial charge in [-0.1, -0.05) is 5.16 Å². The van der Waals surface area contributed by atoms with Gasteiger partial charge in [0.05, 0.1) is 18.2 Å². The van der Waals surface area contributed by atoms with Crippen LogP contribution in [0.5, 0.6) is 0 Å². The van der Waals surface area contributed by atoms with Crippen molar-refractivity contribution in [2.24, 2.45) is 0 Å². The molecule has 3 rings (SSSR count). The third-order valence-electron chi connectivity index (χ3n) is 4.92. The lowest BCUT2D eigenvalue weighted by Crippen LogP contribution is -2.44. The van der Waals surface area contributed by atoms with Crippen LogP contribution in [0.1, 0.15) is 36.4 Å². The van der Waals surface area contributed by atoms with Gasteiger partial charge in [0.25, 0.3) is 0 Å². The zero-order chi connectivity index (χ0) is 20.8. The number of pyridine rings is 1. The first-order valence-corrected chi connectivity index (χ1v) is 9.84. The van der Waals surface area contributed by atoms with Crippen LogP contribution in [0, 0.1) is 6.92 Å². The summed E-state index contributed by atoms with van der Waals surface area (Å²) in [6.07, 6.45) is 2.45. The van der Waals surface area contributed by atoms with E-state index in [-0.39, 0.29) is 17.9 Å². The number of aryl methyl sites for hydroxylation is 1. The number of hydrogen-bond donors (Lipinski definition) is 1. The third-order valence-corrected chi connectivity index (χ3v) is 4.92. The first kappa shape index (κ1) is 20.8. The zero-order valence-electron chi connectivity index (χ0n) is 17.1. The minimum atomic E-state index is -0.365. The highest BCUT2D eigenvalue weighted by atomic mass is 16.5. The maximum Gasteiger partial charge on any atom is 0.339 e. The minimum absolute atomic E-state index is 0.108. The maximum absolute atomic E-state index is 12.5. The predicted octanol–water partition coefficient (Wildman–Crippen LogP) is 2.09. The normalized spacial score (nSPS) is 16.2. The van der Waals surface area contributed by atoms with Gasteiger partial charge >= 0.3 is 5.97 Å². The summed E-state index contributed by atoms with van der Waals surface area (Å²) in [7, 11) is 0. The van der Waals surface area contributed by atoms with Crippen molar-refractivity contribution in [2.75, 3.05) is 43.0 Å². The fraction of sp³-hybridized carbons (Fsp3) is 0.500. The van der Waals surface area contributed by atoms with Crippen molar-refractivity contribution in [3.63, 3.8) is 0 Å². The molecule has 0 bridgehead atoms. The number of nitrogens with zero attached hydrogens (tertiary/aromatic N) is 4. The van der Waals surface area contributed by atoms with E-state index in [4.69, 9.17) is 9.26 Å². The van der Waals surface area contributed by atoms with Crippen molar-refractivity contribution < 1.29 is 18.8 Å². The predicted molar refractivity (Wildman–Crippen MR) is 108 cm³/mol. The van der Waals surface area contributed by atoms with Crippen molar-refractivity contribution >= 4 is 23.5 Å². The summed E-state index contributed by atoms with van der Waals surface area (Å²) >= 11 is 0. The average Bonchev–Trinajstić information content (AvgIpc) is 2.98. The standard InChI is InChI=1S/C20H27N5O4/c1-4-28-20(27)16-6-7-18(21-13-16)25-9-5-8-24(10-11-25)15(3)19(26)22-17-12-14(2)29-23-17/h6-7,12-13,15H,4-5,8-11H2,1-3H3,(H,22,23,26). The molecule has 2 aromatic rings. The quantitative estimate of drug-likeness (QED) is 0.735. The number of anilines is 2. The number of nitrogens with one attached hydrogen (secondary N) is 1. The molecule has 1 aliphatic rings. The van der Waals surface area contributed by atoms with Crippen molar-refractivity contribution in [3.8, 4) is 0 Å². The molecule has 0 spiro atoms. The lowest BCUT2D eigenvalue weighted by Gasteiger charge is -2.26. The largest absolute Gasteiger partial charge is 0.462 e. The van der Waals surface area contributed by atoms with E-state index in [1.165, 1.54) is 0 Å². The minimum Gasteiger partial charge on any atom is -0.462 e. The molecule has 0 aromatic carbocycles. The van der Waals surface area contributed by atoms with E-state index < -0.39 is 0 Å². The summed E-state index contributed by atoms with van der Waals surface area (Å²) in [5, 5.41) is 6.60. The van der Waals surface area contributed by atoms with Crippen LogP contribution in [-0.4, -0.2) is 65.7 Å². The molecular weight excluding hydrogens is 374 g/mol. The fourth-order valence-corrected chi connectivity index (χ4v) is 3.28. The number of rotatable bonds is 6. The van der Waals surface area contributed by atoms with E-state index in [1.807, 2.05) is 13.0 Å². The van der Waals surface area contributed by atoms with Gasteiger partial charge in [-0.15, -0.1) is 0 Å². The molecule has 0 aliphatic carbocycles. The van der Waals surface area contributed by atoms with Gasteiger partial charge in [0.2, 0.25) is 5.91 Å². The Balaban J connectivity index is 1.56. The summed E-state index contributed by atoms with van der Waals surface area (Å²) in [6, 6.07) is 4.98. The van der Waals surface area contributed by atoms with Crippen molar-refractivity contribution in [3.05, 3.63) is 35.7 Å². The molecule has 1 aliphatic heterocycles. The molecule has 9 heteroatoms. The monoisotopic (exact) mass is 401 g/mol. The first-order chi connectivity index (χ1) is 14.0. The number of carbonyl (C=O) groups is 2. The lowest BCUT2D eigenvalue weighted by atomic mass is 10.2. The molecule has 1 atom stereocenters. The van der Waals surface area contributed by atoms with Crippen molar-refractivity contribution in [2.45, 2.75) is 33.2 Å². The average molecular weight is 401 g/mol. The van der Waals surface area contributed by atoms with Gasteiger partial charge in [-0.25, -0.2) is 9.78 Å². The Morgan fingerprint density at radius 3 is 2.76 bits per heavy atom. The lowest BCUT2D eigenvalue weighted by molar-refractivity contribution is -0.120. The second-order valence-corrected chi connectivity index (χ2v) is 6.99. The molecule has 9 nitrogen and oxygen atoms in total. The fourth-order valence-electron chi connectivity index (χ4n) is 3.28. The van der Waals surface area contributed by atoms with Gasteiger partial charge in [0, 0.05) is 38.4 Å². The molecule has 3 heterocycles. The van der Waals surface area contributed by atoms with E-state index in [2.05, 4.69) is 25.3 Å². The second-order valence-electron chi connectivity index (χ2n) is 6.99. The Kier molecular flexibility index (Phi) is 6.82. The van der Waals surface area contributed by atoms with E-state index in [1.54, 1.807) is 32.2 Å². The molecule has 1 N–H and O–H groups in total. The Hall–Kier alpha value is -2.94. The third kappa shape index (κ3) is 5.32. The number of aromatic nitrogens is 2. The van der Waals surface area contributed by atoms with Gasteiger partial charge in [-0.3, -0.25) is 9.69 Å². The second kappa shape index (κ2) is 9.51. The molecule has 156 valence electrons. The number of amides is 1. The Labute approximate surface area is 170 Å². The molecule has 2 aromatic heterocycles. The van der Waals surface area contributed by atoms with E-state index >= 15 is 0 Å². The SMILES string of the molecule is CCOC(=O)c1ccc(N2CCCN(C(C)C(=O)Nc3cc(C)on3)CC2)nc1. The maximum atomic E-state index is 12.5. The topological polar surface area (TPSA) is 101 Å². The van der Waals surface area contributed by atoms with Crippen molar-refractivity contribution in [1.29, 1.82) is 0 Å². The van der Waals surface area contributed by atoms with Crippen LogP contribution in [0.2, 0.25) is 0 Å².